The molecule has 0 radical (unpaired) electrons. The van der Waals surface area contributed by atoms with Crippen molar-refractivity contribution < 1.29 is 4.79 Å². The molecule has 0 spiro atoms. The minimum absolute atomic E-state index is 0.274. The van der Waals surface area contributed by atoms with E-state index in [9.17, 15) is 4.79 Å². The van der Waals surface area contributed by atoms with Gasteiger partial charge in [-0.25, -0.2) is 9.78 Å². The normalized spacial score (nSPS) is 11.1. The first kappa shape index (κ1) is 12.2. The average Bonchev–Trinajstić information content (AvgIpc) is 2.29. The molecule has 0 aliphatic heterocycles. The number of rotatable bonds is 3. The molecule has 0 saturated carbocycles. The number of amides is 2. The second-order valence-electron chi connectivity index (χ2n) is 3.66. The van der Waals surface area contributed by atoms with Crippen molar-refractivity contribution in [3.8, 4) is 0 Å². The molecule has 16 heavy (non-hydrogen) atoms. The SMILES string of the molecule is CC/C(C)=C/NC(=O)Nc1ccc(C)cn1. The molecule has 0 bridgehead atoms. The molecule has 86 valence electrons. The molecule has 4 heteroatoms. The number of allylic oxidation sites excluding steroid dienone is 1. The molecule has 1 aromatic rings. The van der Waals surface area contributed by atoms with Gasteiger partial charge in [0.15, 0.2) is 0 Å². The van der Waals surface area contributed by atoms with E-state index >= 15 is 0 Å². The first-order valence-corrected chi connectivity index (χ1v) is 5.27. The number of pyridine rings is 1. The van der Waals surface area contributed by atoms with Gasteiger partial charge in [-0.3, -0.25) is 5.32 Å². The number of aromatic nitrogens is 1. The van der Waals surface area contributed by atoms with E-state index in [1.807, 2.05) is 26.8 Å². The van der Waals surface area contributed by atoms with E-state index in [1.165, 1.54) is 0 Å². The molecule has 2 N–H and O–H groups in total. The van der Waals surface area contributed by atoms with E-state index < -0.39 is 0 Å². The number of aryl methyl sites for hydroxylation is 1. The Kier molecular flexibility index (Phi) is 4.51. The van der Waals surface area contributed by atoms with Gasteiger partial charge in [0.05, 0.1) is 0 Å². The summed E-state index contributed by atoms with van der Waals surface area (Å²) in [6, 6.07) is 3.39. The van der Waals surface area contributed by atoms with Crippen LogP contribution < -0.4 is 10.6 Å². The Bertz CT molecular complexity index is 382. The number of hydrogen-bond donors (Lipinski definition) is 2. The van der Waals surface area contributed by atoms with Crippen LogP contribution in [0.2, 0.25) is 0 Å². The van der Waals surface area contributed by atoms with Crippen molar-refractivity contribution in [2.24, 2.45) is 0 Å². The zero-order valence-corrected chi connectivity index (χ0v) is 9.87. The van der Waals surface area contributed by atoms with E-state index in [1.54, 1.807) is 18.5 Å². The number of urea groups is 1. The average molecular weight is 219 g/mol. The highest BCUT2D eigenvalue weighted by Crippen LogP contribution is 2.03. The van der Waals surface area contributed by atoms with Crippen LogP contribution in [0.1, 0.15) is 25.8 Å². The Morgan fingerprint density at radius 3 is 2.81 bits per heavy atom. The summed E-state index contributed by atoms with van der Waals surface area (Å²) in [6.07, 6.45) is 4.33. The van der Waals surface area contributed by atoms with Crippen molar-refractivity contribution in [3.63, 3.8) is 0 Å². The maximum absolute atomic E-state index is 11.4. The molecule has 1 rings (SSSR count). The van der Waals surface area contributed by atoms with Gasteiger partial charge in [-0.15, -0.1) is 0 Å². The summed E-state index contributed by atoms with van der Waals surface area (Å²) in [6.45, 7) is 5.95. The van der Waals surface area contributed by atoms with Crippen molar-refractivity contribution in [2.75, 3.05) is 5.32 Å². The fourth-order valence-corrected chi connectivity index (χ4v) is 0.985. The first-order chi connectivity index (χ1) is 7.61. The second kappa shape index (κ2) is 5.90. The summed E-state index contributed by atoms with van der Waals surface area (Å²) in [5, 5.41) is 5.29. The molecule has 1 aromatic heterocycles. The topological polar surface area (TPSA) is 54.0 Å². The highest BCUT2D eigenvalue weighted by molar-refractivity contribution is 5.88. The third-order valence-electron chi connectivity index (χ3n) is 2.16. The Morgan fingerprint density at radius 1 is 1.50 bits per heavy atom. The Labute approximate surface area is 95.8 Å². The smallest absolute Gasteiger partial charge is 0.314 e. The van der Waals surface area contributed by atoms with E-state index in [0.717, 1.165) is 17.6 Å². The van der Waals surface area contributed by atoms with Gasteiger partial charge in [-0.2, -0.15) is 0 Å². The first-order valence-electron chi connectivity index (χ1n) is 5.27. The standard InChI is InChI=1S/C12H17N3O/c1-4-9(2)7-14-12(16)15-11-6-5-10(3)8-13-11/h5-8H,4H2,1-3H3,(H2,13,14,15,16)/b9-7+. The summed E-state index contributed by atoms with van der Waals surface area (Å²) in [5.41, 5.74) is 2.18. The monoisotopic (exact) mass is 219 g/mol. The van der Waals surface area contributed by atoms with Crippen LogP contribution in [0.3, 0.4) is 0 Å². The molecule has 1 heterocycles. The quantitative estimate of drug-likeness (QED) is 0.821. The van der Waals surface area contributed by atoms with Crippen LogP contribution in [0.5, 0.6) is 0 Å². The molecule has 0 unspecified atom stereocenters. The molecule has 0 aliphatic carbocycles. The van der Waals surface area contributed by atoms with Crippen LogP contribution in [0.15, 0.2) is 30.1 Å². The summed E-state index contributed by atoms with van der Waals surface area (Å²) >= 11 is 0. The number of carbonyl (C=O) groups is 1. The summed E-state index contributed by atoms with van der Waals surface area (Å²) in [5.74, 6) is 0.547. The van der Waals surface area contributed by atoms with Gasteiger partial charge in [-0.1, -0.05) is 18.6 Å². The molecular weight excluding hydrogens is 202 g/mol. The van der Waals surface area contributed by atoms with Crippen molar-refractivity contribution in [1.29, 1.82) is 0 Å². The molecule has 4 nitrogen and oxygen atoms in total. The van der Waals surface area contributed by atoms with E-state index in [4.69, 9.17) is 0 Å². The van der Waals surface area contributed by atoms with Gasteiger partial charge in [0, 0.05) is 12.4 Å². The van der Waals surface area contributed by atoms with Crippen molar-refractivity contribution in [3.05, 3.63) is 35.7 Å². The van der Waals surface area contributed by atoms with E-state index in [-0.39, 0.29) is 6.03 Å². The van der Waals surface area contributed by atoms with Gasteiger partial charge < -0.3 is 5.32 Å². The van der Waals surface area contributed by atoms with Crippen LogP contribution in [0.4, 0.5) is 10.6 Å². The predicted molar refractivity (Wildman–Crippen MR) is 65.2 cm³/mol. The number of carbonyl (C=O) groups excluding carboxylic acids is 1. The fourth-order valence-electron chi connectivity index (χ4n) is 0.985. The largest absolute Gasteiger partial charge is 0.324 e. The molecule has 2 amide bonds. The van der Waals surface area contributed by atoms with Gasteiger partial charge in [0.1, 0.15) is 5.82 Å². The molecular formula is C12H17N3O. The number of nitrogens with zero attached hydrogens (tertiary/aromatic N) is 1. The maximum atomic E-state index is 11.4. The Balaban J connectivity index is 2.49. The number of nitrogens with one attached hydrogen (secondary N) is 2. The molecule has 0 saturated heterocycles. The summed E-state index contributed by atoms with van der Waals surface area (Å²) < 4.78 is 0. The summed E-state index contributed by atoms with van der Waals surface area (Å²) in [7, 11) is 0. The Morgan fingerprint density at radius 2 is 2.25 bits per heavy atom. The Hall–Kier alpha value is -1.84. The zero-order chi connectivity index (χ0) is 12.0. The molecule has 0 fully saturated rings. The third-order valence-corrected chi connectivity index (χ3v) is 2.16. The lowest BCUT2D eigenvalue weighted by Crippen LogP contribution is -2.24. The maximum Gasteiger partial charge on any atom is 0.324 e. The number of hydrogen-bond acceptors (Lipinski definition) is 2. The minimum atomic E-state index is -0.274. The predicted octanol–water partition coefficient (Wildman–Crippen LogP) is 2.83. The lowest BCUT2D eigenvalue weighted by molar-refractivity contribution is 0.255. The van der Waals surface area contributed by atoms with Gasteiger partial charge in [0.25, 0.3) is 0 Å². The molecule has 0 aliphatic rings. The highest BCUT2D eigenvalue weighted by atomic mass is 16.2. The van der Waals surface area contributed by atoms with Crippen LogP contribution in [0, 0.1) is 6.92 Å². The van der Waals surface area contributed by atoms with Gasteiger partial charge >= 0.3 is 6.03 Å². The zero-order valence-electron chi connectivity index (χ0n) is 9.87. The third kappa shape index (κ3) is 4.13. The van der Waals surface area contributed by atoms with Gasteiger partial charge in [-0.05, 0) is 31.9 Å². The fraction of sp³-hybridized carbons (Fsp3) is 0.333. The minimum Gasteiger partial charge on any atom is -0.314 e. The summed E-state index contributed by atoms with van der Waals surface area (Å²) in [4.78, 5) is 15.5. The van der Waals surface area contributed by atoms with Crippen molar-refractivity contribution >= 4 is 11.8 Å². The van der Waals surface area contributed by atoms with Crippen molar-refractivity contribution in [1.82, 2.24) is 10.3 Å². The second-order valence-corrected chi connectivity index (χ2v) is 3.66. The van der Waals surface area contributed by atoms with Crippen LogP contribution in [-0.2, 0) is 0 Å². The van der Waals surface area contributed by atoms with Crippen molar-refractivity contribution in [2.45, 2.75) is 27.2 Å². The lowest BCUT2D eigenvalue weighted by Gasteiger charge is -2.04. The molecule has 0 atom stereocenters. The van der Waals surface area contributed by atoms with Gasteiger partial charge in [0.2, 0.25) is 0 Å². The molecule has 0 aromatic carbocycles. The van der Waals surface area contributed by atoms with Crippen LogP contribution >= 0.6 is 0 Å². The van der Waals surface area contributed by atoms with E-state index in [0.29, 0.717) is 5.82 Å². The number of anilines is 1. The highest BCUT2D eigenvalue weighted by Gasteiger charge is 1.99. The van der Waals surface area contributed by atoms with Crippen LogP contribution in [0.25, 0.3) is 0 Å². The lowest BCUT2D eigenvalue weighted by atomic mass is 10.3. The van der Waals surface area contributed by atoms with E-state index in [2.05, 4.69) is 15.6 Å². The van der Waals surface area contributed by atoms with Crippen LogP contribution in [-0.4, -0.2) is 11.0 Å².